The molecule has 0 saturated carbocycles. The summed E-state index contributed by atoms with van der Waals surface area (Å²) < 4.78 is 13.1. The van der Waals surface area contributed by atoms with Crippen molar-refractivity contribution in [1.82, 2.24) is 9.88 Å². The second-order valence-electron chi connectivity index (χ2n) is 19.7. The zero-order valence-corrected chi connectivity index (χ0v) is 64.6. The Hall–Kier alpha value is -21.7. The van der Waals surface area contributed by atoms with Crippen molar-refractivity contribution < 1.29 is 9.47 Å². The quantitative estimate of drug-likeness (QED) is 0.218. The molecule has 4 nitrogen and oxygen atoms in total. The van der Waals surface area contributed by atoms with Crippen molar-refractivity contribution in [3.05, 3.63) is 93.1 Å². The number of rotatable bonds is 4. The van der Waals surface area contributed by atoms with E-state index < -0.39 is 0 Å². The van der Waals surface area contributed by atoms with Gasteiger partial charge in [0, 0.05) is 443 Å². The first-order chi connectivity index (χ1) is 59.6. The fraction of sp³-hybridized carbons (Fsp3) is 0.0783. The highest BCUT2D eigenvalue weighted by molar-refractivity contribution is 9.10. The molecule has 2 aliphatic heterocycles. The third-order valence-corrected chi connectivity index (χ3v) is 12.8. The first-order valence-electron chi connectivity index (χ1n) is 33.3. The molecule has 1 unspecified atom stereocenters. The lowest BCUT2D eigenvalue weighted by Crippen LogP contribution is -2.39. The van der Waals surface area contributed by atoms with Crippen molar-refractivity contribution in [3.63, 3.8) is 0 Å². The summed E-state index contributed by atoms with van der Waals surface area (Å²) in [6.07, 6.45) is 2.03. The van der Waals surface area contributed by atoms with E-state index in [4.69, 9.17) is 9.47 Å². The number of methoxy groups -OCH3 is 1. The van der Waals surface area contributed by atoms with Gasteiger partial charge in [0.15, 0.2) is 11.5 Å². The first kappa shape index (κ1) is 88.9. The number of benzene rings is 3. The summed E-state index contributed by atoms with van der Waals surface area (Å²) in [7, 11) is 1.73. The van der Waals surface area contributed by atoms with Crippen LogP contribution in [0.25, 0.3) is 10.9 Å². The van der Waals surface area contributed by atoms with Crippen LogP contribution in [-0.2, 0) is 26.0 Å². The van der Waals surface area contributed by atoms with E-state index in [0.29, 0.717) is 12.6 Å². The van der Waals surface area contributed by atoms with Crippen LogP contribution in [0.5, 0.6) is 11.5 Å². The maximum atomic E-state index is 6.18. The van der Waals surface area contributed by atoms with E-state index in [1.165, 1.54) is 33.3 Å². The maximum absolute atomic E-state index is 6.18. The van der Waals surface area contributed by atoms with Gasteiger partial charge >= 0.3 is 0 Å². The van der Waals surface area contributed by atoms with Crippen LogP contribution in [0.1, 0.15) is 47.8 Å². The van der Waals surface area contributed by atoms with E-state index in [2.05, 4.69) is 577 Å². The molecule has 1 atom stereocenters. The lowest BCUT2D eigenvalue weighted by molar-refractivity contribution is 0.158. The van der Waals surface area contributed by atoms with Gasteiger partial charge < -0.3 is 14.5 Å². The van der Waals surface area contributed by atoms with Gasteiger partial charge in [-0.3, -0.25) is 4.90 Å². The lowest BCUT2D eigenvalue weighted by Gasteiger charge is -2.40. The number of aromatic nitrogens is 1. The molecule has 0 amide bonds. The zero-order chi connectivity index (χ0) is 84.5. The molecular weight excluding hydrogens is 1520 g/mol. The largest absolute Gasteiger partial charge is 0.493 e. The summed E-state index contributed by atoms with van der Waals surface area (Å²) in [4.78, 5) is 6.25. The molecule has 0 radical (unpaired) electrons. The van der Waals surface area contributed by atoms with Gasteiger partial charge in [-0.25, -0.2) is 0 Å². The molecule has 2 aliphatic rings. The van der Waals surface area contributed by atoms with E-state index in [9.17, 15) is 0 Å². The highest BCUT2D eigenvalue weighted by Crippen LogP contribution is 2.44. The van der Waals surface area contributed by atoms with Gasteiger partial charge in [0.1, 0.15) is 6.61 Å². The average Bonchev–Trinajstić information content (AvgIpc) is 1.51. The van der Waals surface area contributed by atoms with E-state index in [0.717, 1.165) is 47.5 Å². The van der Waals surface area contributed by atoms with Crippen LogP contribution < -0.4 is 9.47 Å². The van der Waals surface area contributed by atoms with Crippen molar-refractivity contribution in [2.45, 2.75) is 45.9 Å². The van der Waals surface area contributed by atoms with Crippen LogP contribution in [-0.4, -0.2) is 23.5 Å². The molecule has 4 aromatic rings. The third kappa shape index (κ3) is 44.4. The van der Waals surface area contributed by atoms with Crippen LogP contribution in [0.4, 0.5) is 0 Å². The molecule has 6 rings (SSSR count). The van der Waals surface area contributed by atoms with Gasteiger partial charge in [-0.2, -0.15) is 0 Å². The highest BCUT2D eigenvalue weighted by Gasteiger charge is 2.35. The Balaban J connectivity index is 0.000000649. The van der Waals surface area contributed by atoms with Crippen LogP contribution in [0.15, 0.2) is 65.1 Å². The Morgan fingerprint density at radius 3 is 0.825 bits per heavy atom. The summed E-state index contributed by atoms with van der Waals surface area (Å²) in [5.74, 6) is 217. The summed E-state index contributed by atoms with van der Waals surface area (Å²) in [6.45, 7) is 5.92. The van der Waals surface area contributed by atoms with Crippen molar-refractivity contribution in [2.75, 3.05) is 13.7 Å². The molecule has 0 saturated heterocycles. The molecular formula is C115H31BrN2O2. The highest BCUT2D eigenvalue weighted by atomic mass is 79.9. The molecule has 1 N–H and O–H groups in total. The Labute approximate surface area is 714 Å². The van der Waals surface area contributed by atoms with Gasteiger partial charge in [0.05, 0.1) is 7.11 Å². The van der Waals surface area contributed by atoms with Crippen molar-refractivity contribution in [3.8, 4) is 521 Å². The summed E-state index contributed by atoms with van der Waals surface area (Å²) in [5.41, 5.74) is 7.92. The summed E-state index contributed by atoms with van der Waals surface area (Å²) in [6, 6.07) is 21.6. The topological polar surface area (TPSA) is 37.5 Å². The number of aromatic amines is 1. The molecule has 0 fully saturated rings. The predicted octanol–water partition coefficient (Wildman–Crippen LogP) is 7.35. The molecule has 0 bridgehead atoms. The summed E-state index contributed by atoms with van der Waals surface area (Å²) >= 11 is 3.64. The minimum Gasteiger partial charge on any atom is -0.493 e. The Kier molecular flexibility index (Phi) is 47.8. The monoisotopic (exact) mass is 1550 g/mol. The molecule has 0 spiro atoms. The normalized spacial score (nSPS) is 7.58. The minimum atomic E-state index is 0.362. The number of ether oxygens (including phenoxy) is 2. The molecule has 3 heterocycles. The fourth-order valence-corrected chi connectivity index (χ4v) is 8.29. The molecule has 1 aromatic heterocycles. The van der Waals surface area contributed by atoms with Crippen molar-refractivity contribution in [1.29, 1.82) is 0 Å². The second-order valence-corrected chi connectivity index (χ2v) is 20.6. The second kappa shape index (κ2) is 64.5. The van der Waals surface area contributed by atoms with Crippen LogP contribution in [0, 0.1) is 509 Å². The van der Waals surface area contributed by atoms with Crippen molar-refractivity contribution in [2.24, 2.45) is 0 Å². The minimum absolute atomic E-state index is 0.362. The number of fused-ring (bicyclic) bond motifs is 6. The average molecular weight is 1550 g/mol. The van der Waals surface area contributed by atoms with E-state index in [1.54, 1.807) is 21.0 Å². The molecule has 3 aromatic carbocycles. The van der Waals surface area contributed by atoms with Gasteiger partial charge in [-0.1, -0.05) is 58.1 Å². The number of halogens is 1. The Bertz CT molecular complexity index is 7680. The Morgan fingerprint density at radius 2 is 0.575 bits per heavy atom. The van der Waals surface area contributed by atoms with Gasteiger partial charge in [-0.05, 0) is 174 Å². The van der Waals surface area contributed by atoms with Crippen molar-refractivity contribution >= 4 is 26.8 Å². The first-order valence-corrected chi connectivity index (χ1v) is 34.1. The van der Waals surface area contributed by atoms with E-state index in [-0.39, 0.29) is 0 Å². The zero-order valence-electron chi connectivity index (χ0n) is 63.0. The molecule has 0 aliphatic carbocycles. The van der Waals surface area contributed by atoms with Crippen LogP contribution in [0.2, 0.25) is 0 Å². The molecule has 5 heteroatoms. The van der Waals surface area contributed by atoms with E-state index in [1.807, 2.05) is 18.2 Å². The standard InChI is InChI=1S/C88H6.C27H25BrN2O2/c1-3-5-7-9-11-13-15-17-19-21-23-25-27-29-31-33-35-37-39-41-43-45-47-49-51-53-55-57-59-61-63-65-67-69-71-73-75-77-79-81-83-85-87-88-86-84-82-80-78-76-74-72-70-68-66-64-62-60-58-56-54-52-50-48-46-44-42-40-38-36-34-32-30-28-26-24-22-20-18-16-14-12-10-8-6-4-2;1-31-26-14-20-18(11-27(26)32-16-17-5-3-2-4-6-17)9-10-30-15-24-22(13-25(20)30)21-12-19(28)7-8-23(21)29-24/h1-2H3;2-8,11-12,14,25,29H,9-10,13,15-16H2,1H3. The number of H-pyrrole nitrogens is 1. The molecule has 120 heavy (non-hydrogen) atoms. The van der Waals surface area contributed by atoms with Gasteiger partial charge in [0.25, 0.3) is 0 Å². The number of nitrogens with one attached hydrogen (secondary N) is 1. The number of nitrogens with zero attached hydrogens (tertiary/aromatic N) is 1. The third-order valence-electron chi connectivity index (χ3n) is 12.3. The molecule has 520 valence electrons. The smallest absolute Gasteiger partial charge is 0.161 e. The lowest BCUT2D eigenvalue weighted by atomic mass is 9.85. The maximum Gasteiger partial charge on any atom is 0.161 e. The van der Waals surface area contributed by atoms with Gasteiger partial charge in [0.2, 0.25) is 0 Å². The Morgan fingerprint density at radius 1 is 0.317 bits per heavy atom. The van der Waals surface area contributed by atoms with Gasteiger partial charge in [-0.15, -0.1) is 0 Å². The number of hydrogen-bond acceptors (Lipinski definition) is 3. The van der Waals surface area contributed by atoms with Crippen LogP contribution >= 0.6 is 15.9 Å². The SMILES string of the molecule is CC#CC#CC#CC#CC#CC#CC#CC#CC#CC#CC#CC#CC#CC#CC#CC#CC#CC#CC#CC#CC#CC#CC#CC#CC#CC#CC#CC#CC#CC#CC#CC#CC#CC#CC#CC#CC#CC#CC#CC#CC#CC#CC#CC.COc1cc2c(cc1OCc1ccccc1)CCN1Cc3[nH]c4ccc(Br)cc4c3CC21. The van der Waals surface area contributed by atoms with E-state index >= 15 is 0 Å². The predicted molar refractivity (Wildman–Crippen MR) is 476 cm³/mol. The van der Waals surface area contributed by atoms with Crippen LogP contribution in [0.3, 0.4) is 0 Å². The number of hydrogen-bond donors (Lipinski definition) is 1. The summed E-state index contributed by atoms with van der Waals surface area (Å²) in [5, 5.41) is 1.33. The fourth-order valence-electron chi connectivity index (χ4n) is 7.92.